The lowest BCUT2D eigenvalue weighted by atomic mass is 10.3. The molecule has 0 atom stereocenters. The molecule has 0 saturated heterocycles. The van der Waals surface area contributed by atoms with Crippen LogP contribution in [0, 0.1) is 5.82 Å². The molecule has 0 N–H and O–H groups in total. The summed E-state index contributed by atoms with van der Waals surface area (Å²) in [6.07, 6.45) is 0. The Morgan fingerprint density at radius 2 is 1.82 bits per heavy atom. The van der Waals surface area contributed by atoms with Crippen molar-refractivity contribution in [2.45, 2.75) is 4.90 Å². The van der Waals surface area contributed by atoms with Crippen molar-refractivity contribution in [3.8, 4) is 0 Å². The number of rotatable bonds is 5. The van der Waals surface area contributed by atoms with Crippen molar-refractivity contribution >= 4 is 33.3 Å². The Balaban J connectivity index is 2.55. The first-order chi connectivity index (χ1) is 10.3. The van der Waals surface area contributed by atoms with E-state index in [9.17, 15) is 22.7 Å². The second-order valence-corrected chi connectivity index (χ2v) is 6.56. The number of hydrogen-bond donors (Lipinski definition) is 0. The Kier molecular flexibility index (Phi) is 4.68. The van der Waals surface area contributed by atoms with E-state index in [1.54, 1.807) is 6.07 Å². The molecule has 0 spiro atoms. The number of carboxylic acids is 1. The fourth-order valence-corrected chi connectivity index (χ4v) is 3.39. The van der Waals surface area contributed by atoms with Crippen molar-refractivity contribution in [3.63, 3.8) is 0 Å². The summed E-state index contributed by atoms with van der Waals surface area (Å²) < 4.78 is 38.9. The molecule has 5 nitrogen and oxygen atoms in total. The van der Waals surface area contributed by atoms with Gasteiger partial charge in [-0.25, -0.2) is 12.8 Å². The number of carbonyl (C=O) groups is 1. The predicted octanol–water partition coefficient (Wildman–Crippen LogP) is 1.42. The van der Waals surface area contributed by atoms with Gasteiger partial charge in [0.1, 0.15) is 5.82 Å². The van der Waals surface area contributed by atoms with Crippen LogP contribution in [0.1, 0.15) is 0 Å². The first kappa shape index (κ1) is 16.3. The lowest BCUT2D eigenvalue weighted by Gasteiger charge is -2.25. The van der Waals surface area contributed by atoms with E-state index in [4.69, 9.17) is 11.6 Å². The van der Waals surface area contributed by atoms with Crippen LogP contribution in [0.4, 0.5) is 10.1 Å². The zero-order chi connectivity index (χ0) is 16.3. The molecule has 0 amide bonds. The molecule has 0 unspecified atom stereocenters. The topological polar surface area (TPSA) is 77.5 Å². The van der Waals surface area contributed by atoms with Crippen LogP contribution in [-0.4, -0.2) is 20.9 Å². The molecule has 0 radical (unpaired) electrons. The number of aliphatic carboxylic acids is 1. The average Bonchev–Trinajstić information content (AvgIpc) is 2.48. The van der Waals surface area contributed by atoms with Crippen LogP contribution in [0.15, 0.2) is 53.4 Å². The average molecular weight is 343 g/mol. The number of anilines is 1. The molecule has 0 aliphatic carbocycles. The summed E-state index contributed by atoms with van der Waals surface area (Å²) >= 11 is 5.63. The molecular weight excluding hydrogens is 333 g/mol. The van der Waals surface area contributed by atoms with Gasteiger partial charge < -0.3 is 9.90 Å². The third-order valence-electron chi connectivity index (χ3n) is 2.80. The molecule has 2 aromatic carbocycles. The highest BCUT2D eigenvalue weighted by atomic mass is 35.5. The zero-order valence-electron chi connectivity index (χ0n) is 11.1. The molecule has 2 aromatic rings. The van der Waals surface area contributed by atoms with E-state index < -0.39 is 28.4 Å². The molecule has 0 heterocycles. The molecule has 0 aliphatic heterocycles. The van der Waals surface area contributed by atoms with Gasteiger partial charge in [-0.2, -0.15) is 0 Å². The number of carbonyl (C=O) groups excluding carboxylic acids is 1. The first-order valence-corrected chi connectivity index (χ1v) is 7.87. The van der Waals surface area contributed by atoms with Gasteiger partial charge in [0.15, 0.2) is 0 Å². The van der Waals surface area contributed by atoms with Crippen LogP contribution in [0.5, 0.6) is 0 Å². The standard InChI is InChI=1S/C14H11ClFNO4S/c15-12-8-10(6-7-13(12)16)17(9-14(18)19)22(20,21)11-4-2-1-3-5-11/h1-8H,9H2,(H,18,19)/p-1. The number of carboxylic acid groups (broad SMARTS) is 1. The molecule has 0 aliphatic rings. The lowest BCUT2D eigenvalue weighted by Crippen LogP contribution is -2.41. The van der Waals surface area contributed by atoms with Crippen LogP contribution in [-0.2, 0) is 14.8 Å². The summed E-state index contributed by atoms with van der Waals surface area (Å²) in [5, 5.41) is 10.6. The predicted molar refractivity (Wildman–Crippen MR) is 77.4 cm³/mol. The highest BCUT2D eigenvalue weighted by Crippen LogP contribution is 2.27. The minimum absolute atomic E-state index is 0.0700. The molecule has 2 rings (SSSR count). The fourth-order valence-electron chi connectivity index (χ4n) is 1.79. The quantitative estimate of drug-likeness (QED) is 0.823. The largest absolute Gasteiger partial charge is 0.548 e. The Bertz CT molecular complexity index is 796. The second-order valence-electron chi connectivity index (χ2n) is 4.30. The summed E-state index contributed by atoms with van der Waals surface area (Å²) in [5.74, 6) is -2.34. The third-order valence-corrected chi connectivity index (χ3v) is 4.87. The Hall–Kier alpha value is -2.12. The lowest BCUT2D eigenvalue weighted by molar-refractivity contribution is -0.303. The molecule has 0 fully saturated rings. The molecule has 0 bridgehead atoms. The maximum Gasteiger partial charge on any atom is 0.264 e. The zero-order valence-corrected chi connectivity index (χ0v) is 12.6. The molecule has 22 heavy (non-hydrogen) atoms. The van der Waals surface area contributed by atoms with Crippen molar-refractivity contribution in [1.29, 1.82) is 0 Å². The minimum Gasteiger partial charge on any atom is -0.548 e. The van der Waals surface area contributed by atoms with E-state index in [-0.39, 0.29) is 15.6 Å². The van der Waals surface area contributed by atoms with Gasteiger partial charge in [0.25, 0.3) is 10.0 Å². The van der Waals surface area contributed by atoms with E-state index in [0.717, 1.165) is 18.2 Å². The smallest absolute Gasteiger partial charge is 0.264 e. The molecular formula is C14H10ClFNO4S-. The third kappa shape index (κ3) is 3.37. The monoisotopic (exact) mass is 342 g/mol. The summed E-state index contributed by atoms with van der Waals surface area (Å²) in [7, 11) is -4.15. The highest BCUT2D eigenvalue weighted by molar-refractivity contribution is 7.92. The van der Waals surface area contributed by atoms with Gasteiger partial charge in [-0.05, 0) is 30.3 Å². The van der Waals surface area contributed by atoms with Gasteiger partial charge >= 0.3 is 0 Å². The van der Waals surface area contributed by atoms with Crippen LogP contribution in [0.25, 0.3) is 0 Å². The second kappa shape index (κ2) is 6.33. The fraction of sp³-hybridized carbons (Fsp3) is 0.0714. The van der Waals surface area contributed by atoms with Crippen LogP contribution >= 0.6 is 11.6 Å². The number of hydrogen-bond acceptors (Lipinski definition) is 4. The van der Waals surface area contributed by atoms with Crippen LogP contribution in [0.2, 0.25) is 5.02 Å². The normalized spacial score (nSPS) is 11.2. The van der Waals surface area contributed by atoms with Crippen molar-refractivity contribution in [1.82, 2.24) is 0 Å². The minimum atomic E-state index is -4.15. The Morgan fingerprint density at radius 3 is 2.36 bits per heavy atom. The van der Waals surface area contributed by atoms with E-state index >= 15 is 0 Å². The summed E-state index contributed by atoms with van der Waals surface area (Å²) in [6, 6.07) is 10.4. The maximum atomic E-state index is 13.2. The van der Waals surface area contributed by atoms with Crippen molar-refractivity contribution in [2.24, 2.45) is 0 Å². The van der Waals surface area contributed by atoms with E-state index in [2.05, 4.69) is 0 Å². The Morgan fingerprint density at radius 1 is 1.18 bits per heavy atom. The van der Waals surface area contributed by atoms with Crippen molar-refractivity contribution < 1.29 is 22.7 Å². The van der Waals surface area contributed by atoms with Crippen LogP contribution in [0.3, 0.4) is 0 Å². The number of halogens is 2. The van der Waals surface area contributed by atoms with E-state index in [1.807, 2.05) is 0 Å². The number of sulfonamides is 1. The molecule has 0 saturated carbocycles. The summed E-state index contributed by atoms with van der Waals surface area (Å²) in [4.78, 5) is 10.8. The van der Waals surface area contributed by atoms with Gasteiger partial charge in [-0.15, -0.1) is 0 Å². The van der Waals surface area contributed by atoms with E-state index in [1.165, 1.54) is 24.3 Å². The van der Waals surface area contributed by atoms with Gasteiger partial charge in [-0.1, -0.05) is 29.8 Å². The van der Waals surface area contributed by atoms with Gasteiger partial charge in [0.05, 0.1) is 28.1 Å². The summed E-state index contributed by atoms with van der Waals surface area (Å²) in [6.45, 7) is -0.917. The first-order valence-electron chi connectivity index (χ1n) is 6.05. The molecule has 0 aromatic heterocycles. The SMILES string of the molecule is O=C([O-])CN(c1ccc(F)c(Cl)c1)S(=O)(=O)c1ccccc1. The Labute approximate surface area is 131 Å². The number of nitrogens with zero attached hydrogens (tertiary/aromatic N) is 1. The van der Waals surface area contributed by atoms with Crippen molar-refractivity contribution in [3.05, 3.63) is 59.4 Å². The van der Waals surface area contributed by atoms with Gasteiger partial charge in [0.2, 0.25) is 0 Å². The van der Waals surface area contributed by atoms with Gasteiger partial charge in [0, 0.05) is 0 Å². The molecule has 8 heteroatoms. The number of benzene rings is 2. The maximum absolute atomic E-state index is 13.2. The highest BCUT2D eigenvalue weighted by Gasteiger charge is 2.25. The van der Waals surface area contributed by atoms with Crippen LogP contribution < -0.4 is 9.41 Å². The van der Waals surface area contributed by atoms with Gasteiger partial charge in [-0.3, -0.25) is 4.31 Å². The molecule has 116 valence electrons. The van der Waals surface area contributed by atoms with Crippen molar-refractivity contribution in [2.75, 3.05) is 10.8 Å². The summed E-state index contributed by atoms with van der Waals surface area (Å²) in [5.41, 5.74) is -0.0700. The van der Waals surface area contributed by atoms with E-state index in [0.29, 0.717) is 4.31 Å².